The van der Waals surface area contributed by atoms with E-state index in [1.54, 1.807) is 6.07 Å². The highest BCUT2D eigenvalue weighted by atomic mass is 16.5. The molecule has 0 aliphatic heterocycles. The van der Waals surface area contributed by atoms with Crippen LogP contribution in [0.1, 0.15) is 16.7 Å². The summed E-state index contributed by atoms with van der Waals surface area (Å²) in [6.07, 6.45) is 0. The lowest BCUT2D eigenvalue weighted by Crippen LogP contribution is -1.93. The van der Waals surface area contributed by atoms with Crippen molar-refractivity contribution in [2.75, 3.05) is 7.11 Å². The summed E-state index contributed by atoms with van der Waals surface area (Å²) in [5.74, 6) is 0.310. The Hall–Kier alpha value is -1.69. The van der Waals surface area contributed by atoms with Gasteiger partial charge in [-0.1, -0.05) is 0 Å². The Morgan fingerprint density at radius 1 is 1.46 bits per heavy atom. The second kappa shape index (κ2) is 3.36. The molecule has 0 radical (unpaired) electrons. The highest BCUT2D eigenvalue weighted by Crippen LogP contribution is 2.34. The monoisotopic (exact) mass is 177 g/mol. The van der Waals surface area contributed by atoms with E-state index in [-0.39, 0.29) is 11.3 Å². The number of hydrogen-bond donors (Lipinski definition) is 1. The molecule has 3 nitrogen and oxygen atoms in total. The number of phenols is 1. The molecule has 68 valence electrons. The zero-order chi connectivity index (χ0) is 10.0. The number of hydrogen-bond acceptors (Lipinski definition) is 3. The van der Waals surface area contributed by atoms with Crippen molar-refractivity contribution in [1.29, 1.82) is 5.26 Å². The summed E-state index contributed by atoms with van der Waals surface area (Å²) in [4.78, 5) is 0. The van der Waals surface area contributed by atoms with Gasteiger partial charge in [0.05, 0.1) is 12.7 Å². The standard InChI is InChI=1S/C10H11NO2/c1-6-4-8(5-11)9(12)10(13-3)7(6)2/h4,12H,1-3H3. The zero-order valence-electron chi connectivity index (χ0n) is 7.88. The molecule has 0 bridgehead atoms. The van der Waals surface area contributed by atoms with E-state index in [0.717, 1.165) is 11.1 Å². The SMILES string of the molecule is COc1c(C)c(C)cc(C#N)c1O. The van der Waals surface area contributed by atoms with E-state index in [2.05, 4.69) is 0 Å². The molecule has 0 aliphatic carbocycles. The smallest absolute Gasteiger partial charge is 0.176 e. The van der Waals surface area contributed by atoms with Gasteiger partial charge >= 0.3 is 0 Å². The molecule has 0 saturated heterocycles. The van der Waals surface area contributed by atoms with Crippen molar-refractivity contribution < 1.29 is 9.84 Å². The van der Waals surface area contributed by atoms with E-state index in [1.807, 2.05) is 19.9 Å². The van der Waals surface area contributed by atoms with E-state index in [9.17, 15) is 5.11 Å². The molecule has 1 rings (SSSR count). The Kier molecular flexibility index (Phi) is 2.43. The van der Waals surface area contributed by atoms with Crippen LogP contribution in [0.25, 0.3) is 0 Å². The van der Waals surface area contributed by atoms with Crippen LogP contribution < -0.4 is 4.74 Å². The van der Waals surface area contributed by atoms with Gasteiger partial charge in [-0.05, 0) is 31.0 Å². The van der Waals surface area contributed by atoms with Gasteiger partial charge in [-0.3, -0.25) is 0 Å². The van der Waals surface area contributed by atoms with Crippen LogP contribution in [0.4, 0.5) is 0 Å². The molecule has 1 aromatic carbocycles. The molecule has 1 N–H and O–H groups in total. The summed E-state index contributed by atoms with van der Waals surface area (Å²) >= 11 is 0. The Labute approximate surface area is 77.2 Å². The summed E-state index contributed by atoms with van der Waals surface area (Å²) in [7, 11) is 1.47. The van der Waals surface area contributed by atoms with Gasteiger partial charge in [0.15, 0.2) is 11.5 Å². The minimum absolute atomic E-state index is 0.0758. The van der Waals surface area contributed by atoms with Gasteiger partial charge in [0.25, 0.3) is 0 Å². The average molecular weight is 177 g/mol. The lowest BCUT2D eigenvalue weighted by Gasteiger charge is -2.10. The van der Waals surface area contributed by atoms with Gasteiger partial charge < -0.3 is 9.84 Å². The maximum absolute atomic E-state index is 9.55. The molecule has 0 atom stereocenters. The number of phenolic OH excluding ortho intramolecular Hbond substituents is 1. The van der Waals surface area contributed by atoms with Crippen LogP contribution in [0.2, 0.25) is 0 Å². The van der Waals surface area contributed by atoms with Crippen molar-refractivity contribution in [3.05, 3.63) is 22.8 Å². The quantitative estimate of drug-likeness (QED) is 0.712. The molecule has 0 aromatic heterocycles. The highest BCUT2D eigenvalue weighted by Gasteiger charge is 2.12. The molecule has 3 heteroatoms. The van der Waals surface area contributed by atoms with Crippen molar-refractivity contribution in [3.63, 3.8) is 0 Å². The van der Waals surface area contributed by atoms with E-state index >= 15 is 0 Å². The van der Waals surface area contributed by atoms with Crippen molar-refractivity contribution in [2.45, 2.75) is 13.8 Å². The minimum Gasteiger partial charge on any atom is -0.503 e. The van der Waals surface area contributed by atoms with E-state index in [4.69, 9.17) is 10.00 Å². The van der Waals surface area contributed by atoms with Crippen LogP contribution in [0.3, 0.4) is 0 Å². The number of nitrogens with zero attached hydrogens (tertiary/aromatic N) is 1. The molecule has 0 saturated carbocycles. The number of aryl methyl sites for hydroxylation is 1. The fourth-order valence-electron chi connectivity index (χ4n) is 1.21. The van der Waals surface area contributed by atoms with Crippen molar-refractivity contribution >= 4 is 0 Å². The highest BCUT2D eigenvalue weighted by molar-refractivity contribution is 5.58. The molecular weight excluding hydrogens is 166 g/mol. The van der Waals surface area contributed by atoms with E-state index < -0.39 is 0 Å². The van der Waals surface area contributed by atoms with Crippen LogP contribution in [-0.2, 0) is 0 Å². The maximum Gasteiger partial charge on any atom is 0.176 e. The first-order valence-electron chi connectivity index (χ1n) is 3.89. The van der Waals surface area contributed by atoms with Crippen molar-refractivity contribution in [1.82, 2.24) is 0 Å². The lowest BCUT2D eigenvalue weighted by molar-refractivity contribution is 0.369. The molecule has 1 aromatic rings. The molecular formula is C10H11NO2. The van der Waals surface area contributed by atoms with E-state index in [0.29, 0.717) is 5.75 Å². The Morgan fingerprint density at radius 3 is 2.54 bits per heavy atom. The van der Waals surface area contributed by atoms with Crippen LogP contribution in [0, 0.1) is 25.2 Å². The van der Waals surface area contributed by atoms with Crippen LogP contribution in [0.15, 0.2) is 6.07 Å². The van der Waals surface area contributed by atoms with Gasteiger partial charge in [-0.25, -0.2) is 0 Å². The summed E-state index contributed by atoms with van der Waals surface area (Å²) < 4.78 is 5.00. The Balaban J connectivity index is 3.50. The number of rotatable bonds is 1. The molecule has 0 fully saturated rings. The number of nitriles is 1. The van der Waals surface area contributed by atoms with Gasteiger partial charge in [0.1, 0.15) is 6.07 Å². The number of aromatic hydroxyl groups is 1. The fraction of sp³-hybridized carbons (Fsp3) is 0.300. The molecule has 13 heavy (non-hydrogen) atoms. The van der Waals surface area contributed by atoms with Crippen molar-refractivity contribution in [2.24, 2.45) is 0 Å². The second-order valence-corrected chi connectivity index (χ2v) is 2.86. The first-order chi connectivity index (χ1) is 6.11. The first-order valence-corrected chi connectivity index (χ1v) is 3.89. The van der Waals surface area contributed by atoms with Gasteiger partial charge in [0, 0.05) is 0 Å². The summed E-state index contributed by atoms with van der Waals surface area (Å²) in [6.45, 7) is 3.72. The third-order valence-electron chi connectivity index (χ3n) is 2.09. The summed E-state index contributed by atoms with van der Waals surface area (Å²) in [6, 6.07) is 3.55. The fourth-order valence-corrected chi connectivity index (χ4v) is 1.21. The predicted molar refractivity (Wildman–Crippen MR) is 48.8 cm³/mol. The topological polar surface area (TPSA) is 53.2 Å². The second-order valence-electron chi connectivity index (χ2n) is 2.86. The first kappa shape index (κ1) is 9.40. The van der Waals surface area contributed by atoms with Crippen LogP contribution >= 0.6 is 0 Å². The largest absolute Gasteiger partial charge is 0.503 e. The summed E-state index contributed by atoms with van der Waals surface area (Å²) in [5, 5.41) is 18.2. The van der Waals surface area contributed by atoms with E-state index in [1.165, 1.54) is 7.11 Å². The third kappa shape index (κ3) is 1.43. The van der Waals surface area contributed by atoms with Gasteiger partial charge in [-0.2, -0.15) is 5.26 Å². The predicted octanol–water partition coefficient (Wildman–Crippen LogP) is 1.89. The zero-order valence-corrected chi connectivity index (χ0v) is 7.88. The number of methoxy groups -OCH3 is 1. The molecule has 0 heterocycles. The van der Waals surface area contributed by atoms with Crippen LogP contribution in [0.5, 0.6) is 11.5 Å². The molecule has 0 aliphatic rings. The Morgan fingerprint density at radius 2 is 2.08 bits per heavy atom. The van der Waals surface area contributed by atoms with Crippen LogP contribution in [-0.4, -0.2) is 12.2 Å². The molecule has 0 unspecified atom stereocenters. The van der Waals surface area contributed by atoms with Gasteiger partial charge in [-0.15, -0.1) is 0 Å². The molecule has 0 amide bonds. The maximum atomic E-state index is 9.55. The normalized spacial score (nSPS) is 9.38. The Bertz CT molecular complexity index is 377. The summed E-state index contributed by atoms with van der Waals surface area (Å²) in [5.41, 5.74) is 2.05. The third-order valence-corrected chi connectivity index (χ3v) is 2.09. The number of ether oxygens (including phenoxy) is 1. The average Bonchev–Trinajstić information content (AvgIpc) is 2.12. The minimum atomic E-state index is -0.0758. The van der Waals surface area contributed by atoms with Gasteiger partial charge in [0.2, 0.25) is 0 Å². The molecule has 0 spiro atoms. The number of benzene rings is 1. The van der Waals surface area contributed by atoms with Crippen molar-refractivity contribution in [3.8, 4) is 17.6 Å². The lowest BCUT2D eigenvalue weighted by atomic mass is 10.0.